The normalized spacial score (nSPS) is 16.8. The maximum absolute atomic E-state index is 5.27. The Morgan fingerprint density at radius 3 is 2.56 bits per heavy atom. The molecule has 0 aliphatic carbocycles. The van der Waals surface area contributed by atoms with Crippen LogP contribution in [-0.4, -0.2) is 24.2 Å². The number of hydrogen-bond donors (Lipinski definition) is 3. The third-order valence-electron chi connectivity index (χ3n) is 2.71. The first kappa shape index (κ1) is 11.4. The molecule has 0 aromatic heterocycles. The third-order valence-corrected chi connectivity index (χ3v) is 2.93. The van der Waals surface area contributed by atoms with Crippen molar-refractivity contribution in [2.24, 2.45) is 0 Å². The van der Waals surface area contributed by atoms with E-state index < -0.39 is 0 Å². The lowest BCUT2D eigenvalue weighted by Crippen LogP contribution is -2.44. The standard InChI is InChI=1S/C12H17N3S/c16-12(14-10-4-2-1-3-5-10)15-11-6-8-13-9-7-11/h1-5,11,13H,6-9H2,(H2,14,15,16). The fourth-order valence-corrected chi connectivity index (χ4v) is 2.12. The number of nitrogens with one attached hydrogen (secondary N) is 3. The Morgan fingerprint density at radius 1 is 1.19 bits per heavy atom. The van der Waals surface area contributed by atoms with Gasteiger partial charge in [-0.15, -0.1) is 0 Å². The van der Waals surface area contributed by atoms with E-state index in [0.717, 1.165) is 36.7 Å². The number of rotatable bonds is 2. The number of benzene rings is 1. The van der Waals surface area contributed by atoms with Crippen molar-refractivity contribution in [3.8, 4) is 0 Å². The third kappa shape index (κ3) is 3.47. The highest BCUT2D eigenvalue weighted by atomic mass is 32.1. The first-order valence-corrected chi connectivity index (χ1v) is 6.09. The number of anilines is 1. The Kier molecular flexibility index (Phi) is 4.13. The summed E-state index contributed by atoms with van der Waals surface area (Å²) in [5.74, 6) is 0. The molecule has 4 heteroatoms. The Labute approximate surface area is 102 Å². The van der Waals surface area contributed by atoms with Gasteiger partial charge < -0.3 is 16.0 Å². The van der Waals surface area contributed by atoms with E-state index in [4.69, 9.17) is 12.2 Å². The molecule has 0 saturated carbocycles. The van der Waals surface area contributed by atoms with Crippen molar-refractivity contribution in [2.75, 3.05) is 18.4 Å². The van der Waals surface area contributed by atoms with Crippen LogP contribution < -0.4 is 16.0 Å². The van der Waals surface area contributed by atoms with Crippen molar-refractivity contribution in [2.45, 2.75) is 18.9 Å². The molecule has 2 rings (SSSR count). The Balaban J connectivity index is 1.80. The molecule has 3 nitrogen and oxygen atoms in total. The molecule has 1 aliphatic heterocycles. The van der Waals surface area contributed by atoms with Crippen LogP contribution in [0.5, 0.6) is 0 Å². The number of piperidine rings is 1. The second kappa shape index (κ2) is 5.82. The molecular weight excluding hydrogens is 218 g/mol. The van der Waals surface area contributed by atoms with Gasteiger partial charge in [-0.1, -0.05) is 18.2 Å². The summed E-state index contributed by atoms with van der Waals surface area (Å²) in [6, 6.07) is 10.5. The highest BCUT2D eigenvalue weighted by Crippen LogP contribution is 2.06. The molecule has 3 N–H and O–H groups in total. The van der Waals surface area contributed by atoms with Crippen LogP contribution in [0.1, 0.15) is 12.8 Å². The fraction of sp³-hybridized carbons (Fsp3) is 0.417. The zero-order chi connectivity index (χ0) is 11.2. The number of thiocarbonyl (C=S) groups is 1. The van der Waals surface area contributed by atoms with E-state index in [1.807, 2.05) is 30.3 Å². The predicted molar refractivity (Wildman–Crippen MR) is 71.7 cm³/mol. The summed E-state index contributed by atoms with van der Waals surface area (Å²) in [7, 11) is 0. The Bertz CT molecular complexity index is 333. The van der Waals surface area contributed by atoms with Gasteiger partial charge in [0, 0.05) is 11.7 Å². The van der Waals surface area contributed by atoms with Gasteiger partial charge in [0.15, 0.2) is 5.11 Å². The van der Waals surface area contributed by atoms with Crippen LogP contribution in [0.15, 0.2) is 30.3 Å². The summed E-state index contributed by atoms with van der Waals surface area (Å²) in [4.78, 5) is 0. The van der Waals surface area contributed by atoms with Gasteiger partial charge in [-0.05, 0) is 50.3 Å². The molecule has 1 aliphatic rings. The Hall–Kier alpha value is -1.13. The van der Waals surface area contributed by atoms with Gasteiger partial charge in [0.05, 0.1) is 0 Å². The molecule has 0 radical (unpaired) electrons. The molecular formula is C12H17N3S. The molecule has 1 heterocycles. The van der Waals surface area contributed by atoms with Crippen LogP contribution in [-0.2, 0) is 0 Å². The van der Waals surface area contributed by atoms with Crippen molar-refractivity contribution >= 4 is 23.0 Å². The van der Waals surface area contributed by atoms with Crippen molar-refractivity contribution < 1.29 is 0 Å². The highest BCUT2D eigenvalue weighted by molar-refractivity contribution is 7.80. The molecule has 0 amide bonds. The van der Waals surface area contributed by atoms with Crippen LogP contribution in [0.25, 0.3) is 0 Å². The van der Waals surface area contributed by atoms with E-state index in [1.165, 1.54) is 0 Å². The SMILES string of the molecule is S=C(Nc1ccccc1)NC1CCNCC1. The second-order valence-corrected chi connectivity index (χ2v) is 4.40. The maximum Gasteiger partial charge on any atom is 0.170 e. The summed E-state index contributed by atoms with van der Waals surface area (Å²) in [6.45, 7) is 2.15. The lowest BCUT2D eigenvalue weighted by molar-refractivity contribution is 0.430. The molecule has 0 atom stereocenters. The van der Waals surface area contributed by atoms with E-state index in [0.29, 0.717) is 6.04 Å². The van der Waals surface area contributed by atoms with Gasteiger partial charge >= 0.3 is 0 Å². The van der Waals surface area contributed by atoms with Gasteiger partial charge in [-0.25, -0.2) is 0 Å². The lowest BCUT2D eigenvalue weighted by Gasteiger charge is -2.25. The van der Waals surface area contributed by atoms with E-state index in [9.17, 15) is 0 Å². The molecule has 0 spiro atoms. The summed E-state index contributed by atoms with van der Waals surface area (Å²) in [5.41, 5.74) is 1.04. The predicted octanol–water partition coefficient (Wildman–Crippen LogP) is 1.72. The molecule has 0 unspecified atom stereocenters. The molecule has 16 heavy (non-hydrogen) atoms. The van der Waals surface area contributed by atoms with Crippen molar-refractivity contribution in [1.29, 1.82) is 0 Å². The van der Waals surface area contributed by atoms with Crippen molar-refractivity contribution in [3.63, 3.8) is 0 Å². The van der Waals surface area contributed by atoms with Gasteiger partial charge in [-0.3, -0.25) is 0 Å². The van der Waals surface area contributed by atoms with Crippen molar-refractivity contribution in [1.82, 2.24) is 10.6 Å². The van der Waals surface area contributed by atoms with Gasteiger partial charge in [0.1, 0.15) is 0 Å². The first-order valence-electron chi connectivity index (χ1n) is 5.68. The van der Waals surface area contributed by atoms with Gasteiger partial charge in [-0.2, -0.15) is 0 Å². The molecule has 1 saturated heterocycles. The van der Waals surface area contributed by atoms with E-state index >= 15 is 0 Å². The monoisotopic (exact) mass is 235 g/mol. The van der Waals surface area contributed by atoms with Gasteiger partial charge in [0.2, 0.25) is 0 Å². The minimum atomic E-state index is 0.505. The summed E-state index contributed by atoms with van der Waals surface area (Å²) < 4.78 is 0. The second-order valence-electron chi connectivity index (χ2n) is 3.99. The van der Waals surface area contributed by atoms with Gasteiger partial charge in [0.25, 0.3) is 0 Å². The average Bonchev–Trinajstić information content (AvgIpc) is 2.31. The van der Waals surface area contributed by atoms with Crippen LogP contribution >= 0.6 is 12.2 Å². The molecule has 1 aromatic rings. The van der Waals surface area contributed by atoms with E-state index in [-0.39, 0.29) is 0 Å². The number of para-hydroxylation sites is 1. The van der Waals surface area contributed by atoms with Crippen LogP contribution in [0.2, 0.25) is 0 Å². The molecule has 86 valence electrons. The molecule has 1 aromatic carbocycles. The number of hydrogen-bond acceptors (Lipinski definition) is 2. The summed E-state index contributed by atoms with van der Waals surface area (Å²) in [6.07, 6.45) is 2.27. The lowest BCUT2D eigenvalue weighted by atomic mass is 10.1. The van der Waals surface area contributed by atoms with E-state index in [2.05, 4.69) is 16.0 Å². The van der Waals surface area contributed by atoms with Crippen LogP contribution in [0.4, 0.5) is 5.69 Å². The zero-order valence-electron chi connectivity index (χ0n) is 9.20. The van der Waals surface area contributed by atoms with Crippen LogP contribution in [0, 0.1) is 0 Å². The topological polar surface area (TPSA) is 36.1 Å². The minimum Gasteiger partial charge on any atom is -0.360 e. The zero-order valence-corrected chi connectivity index (χ0v) is 10.0. The smallest absolute Gasteiger partial charge is 0.170 e. The fourth-order valence-electron chi connectivity index (χ4n) is 1.84. The van der Waals surface area contributed by atoms with Crippen molar-refractivity contribution in [3.05, 3.63) is 30.3 Å². The Morgan fingerprint density at radius 2 is 1.88 bits per heavy atom. The summed E-state index contributed by atoms with van der Waals surface area (Å²) >= 11 is 5.27. The molecule has 0 bridgehead atoms. The largest absolute Gasteiger partial charge is 0.360 e. The first-order chi connectivity index (χ1) is 7.84. The minimum absolute atomic E-state index is 0.505. The highest BCUT2D eigenvalue weighted by Gasteiger charge is 2.13. The molecule has 1 fully saturated rings. The average molecular weight is 235 g/mol. The maximum atomic E-state index is 5.27. The summed E-state index contributed by atoms with van der Waals surface area (Å²) in [5, 5.41) is 10.6. The van der Waals surface area contributed by atoms with E-state index in [1.54, 1.807) is 0 Å². The van der Waals surface area contributed by atoms with Crippen LogP contribution in [0.3, 0.4) is 0 Å². The quantitative estimate of drug-likeness (QED) is 0.682.